The van der Waals surface area contributed by atoms with Crippen molar-refractivity contribution in [1.82, 2.24) is 0 Å². The van der Waals surface area contributed by atoms with Crippen LogP contribution < -0.4 is 16.6 Å². The summed E-state index contributed by atoms with van der Waals surface area (Å²) in [4.78, 5) is 10.2. The van der Waals surface area contributed by atoms with Gasteiger partial charge in [-0.2, -0.15) is 0 Å². The molecule has 0 bridgehead atoms. The van der Waals surface area contributed by atoms with Crippen LogP contribution in [0.3, 0.4) is 0 Å². The van der Waals surface area contributed by atoms with E-state index in [-0.39, 0.29) is 11.1 Å². The summed E-state index contributed by atoms with van der Waals surface area (Å²) in [6.07, 6.45) is 19.9. The number of hydrogen-bond donors (Lipinski definition) is 2. The number of nitrogens with two attached hydrogens (primary N) is 2. The average molecular weight is 408 g/mol. The van der Waals surface area contributed by atoms with Crippen molar-refractivity contribution < 1.29 is 28.2 Å². The molecule has 0 aliphatic heterocycles. The summed E-state index contributed by atoms with van der Waals surface area (Å²) in [7, 11) is 0. The molecule has 25 heavy (non-hydrogen) atoms. The number of hydrogen-bond acceptors (Lipinski definition) is 4. The minimum absolute atomic E-state index is 0.234. The van der Waals surface area contributed by atoms with Gasteiger partial charge in [0.25, 0.3) is 0 Å². The van der Waals surface area contributed by atoms with Gasteiger partial charge in [-0.1, -0.05) is 96.8 Å². The van der Waals surface area contributed by atoms with E-state index in [1.165, 1.54) is 83.5 Å². The second-order valence-corrected chi connectivity index (χ2v) is 9.27. The van der Waals surface area contributed by atoms with Crippen LogP contribution in [0.5, 0.6) is 0 Å². The standard InChI is InChI=1S/C18H36O2.C2H7N2.Zn/c1-2-3-4-5-6-7-8-9-10-11-12-13-14-15-16-17-18(19)20;3-1-2-4;/h2-17H2,1H3,(H,19,20);1H,2-4H2;/q;;+1/p-1. The summed E-state index contributed by atoms with van der Waals surface area (Å²) in [5, 5.41) is 10.2. The van der Waals surface area contributed by atoms with Crippen molar-refractivity contribution in [2.45, 2.75) is 114 Å². The van der Waals surface area contributed by atoms with E-state index in [1.54, 1.807) is 0 Å². The van der Waals surface area contributed by atoms with Crippen LogP contribution in [0.4, 0.5) is 0 Å². The van der Waals surface area contributed by atoms with Gasteiger partial charge in [0, 0.05) is 5.97 Å². The second-order valence-electron chi connectivity index (χ2n) is 7.07. The molecule has 5 heteroatoms. The molecule has 4 nitrogen and oxygen atoms in total. The first-order valence-corrected chi connectivity index (χ1v) is 12.2. The molecule has 1 atom stereocenters. The maximum absolute atomic E-state index is 10.2. The molecule has 0 heterocycles. The first-order chi connectivity index (χ1) is 12.0. The molecule has 0 radical (unpaired) electrons. The summed E-state index contributed by atoms with van der Waals surface area (Å²) in [5.74, 6) is -0.903. The normalized spacial score (nSPS) is 11.7. The molecule has 0 aromatic heterocycles. The zero-order valence-electron chi connectivity index (χ0n) is 16.8. The fourth-order valence-electron chi connectivity index (χ4n) is 2.64. The summed E-state index contributed by atoms with van der Waals surface area (Å²) < 4.78 is 0.287. The van der Waals surface area contributed by atoms with E-state index in [9.17, 15) is 9.90 Å². The summed E-state index contributed by atoms with van der Waals surface area (Å²) in [6, 6.07) is 0. The fourth-order valence-corrected chi connectivity index (χ4v) is 2.64. The van der Waals surface area contributed by atoms with Crippen LogP contribution >= 0.6 is 0 Å². The fraction of sp³-hybridized carbons (Fsp3) is 0.950. The van der Waals surface area contributed by atoms with E-state index < -0.39 is 5.97 Å². The van der Waals surface area contributed by atoms with E-state index in [1.807, 2.05) is 0 Å². The summed E-state index contributed by atoms with van der Waals surface area (Å²) in [5.41, 5.74) is 10.3. The number of carbonyl (C=O) groups is 1. The third kappa shape index (κ3) is 32.2. The van der Waals surface area contributed by atoms with Gasteiger partial charge < -0.3 is 9.90 Å². The average Bonchev–Trinajstić information content (AvgIpc) is 2.58. The SMILES string of the molecule is CCCCCCCCCCCCCCCCCC(=O)[O-].NC[CH](N)[Zn+]. The molecule has 0 fully saturated rings. The minimum atomic E-state index is -0.903. The second kappa shape index (κ2) is 24.0. The van der Waals surface area contributed by atoms with Gasteiger partial charge in [-0.15, -0.1) is 0 Å². The zero-order chi connectivity index (χ0) is 19.2. The molecule has 1 unspecified atom stereocenters. The van der Waals surface area contributed by atoms with Crippen molar-refractivity contribution in [3.8, 4) is 0 Å². The number of rotatable bonds is 17. The Balaban J connectivity index is 0. The van der Waals surface area contributed by atoms with Crippen LogP contribution in [0.15, 0.2) is 0 Å². The Morgan fingerprint density at radius 2 is 1.08 bits per heavy atom. The van der Waals surface area contributed by atoms with Crippen molar-refractivity contribution in [2.24, 2.45) is 11.5 Å². The number of carbonyl (C=O) groups excluding carboxylic acids is 1. The van der Waals surface area contributed by atoms with Gasteiger partial charge in [-0.25, -0.2) is 0 Å². The third-order valence-corrected chi connectivity index (χ3v) is 4.99. The topological polar surface area (TPSA) is 92.2 Å². The van der Waals surface area contributed by atoms with Crippen LogP contribution in [0, 0.1) is 0 Å². The molecular formula is C20H42N2O2Zn. The van der Waals surface area contributed by atoms with Crippen LogP contribution in [0.25, 0.3) is 0 Å². The van der Waals surface area contributed by atoms with E-state index in [0.717, 1.165) is 31.1 Å². The van der Waals surface area contributed by atoms with E-state index in [4.69, 9.17) is 11.5 Å². The van der Waals surface area contributed by atoms with Gasteiger partial charge in [-0.3, -0.25) is 0 Å². The molecular weight excluding hydrogens is 366 g/mol. The zero-order valence-corrected chi connectivity index (χ0v) is 19.7. The predicted octanol–water partition coefficient (Wildman–Crippen LogP) is 3.77. The summed E-state index contributed by atoms with van der Waals surface area (Å²) in [6.45, 7) is 2.91. The van der Waals surface area contributed by atoms with Gasteiger partial charge in [0.1, 0.15) is 0 Å². The molecule has 146 valence electrons. The molecule has 0 amide bonds. The molecule has 0 aromatic rings. The van der Waals surface area contributed by atoms with Crippen molar-refractivity contribution in [1.29, 1.82) is 0 Å². The molecule has 4 N–H and O–H groups in total. The number of carboxylic acid groups (broad SMARTS) is 1. The van der Waals surface area contributed by atoms with Crippen LogP contribution in [0.2, 0.25) is 0 Å². The summed E-state index contributed by atoms with van der Waals surface area (Å²) >= 11 is 1.11. The predicted molar refractivity (Wildman–Crippen MR) is 102 cm³/mol. The Morgan fingerprint density at radius 1 is 0.800 bits per heavy atom. The monoisotopic (exact) mass is 406 g/mol. The van der Waals surface area contributed by atoms with Crippen molar-refractivity contribution >= 4 is 5.97 Å². The van der Waals surface area contributed by atoms with E-state index in [2.05, 4.69) is 6.92 Å². The Morgan fingerprint density at radius 3 is 1.32 bits per heavy atom. The van der Waals surface area contributed by atoms with E-state index >= 15 is 0 Å². The van der Waals surface area contributed by atoms with Gasteiger partial charge in [-0.05, 0) is 12.8 Å². The van der Waals surface area contributed by atoms with Crippen molar-refractivity contribution in [3.05, 3.63) is 0 Å². The van der Waals surface area contributed by atoms with Gasteiger partial charge in [0.05, 0.1) is 0 Å². The van der Waals surface area contributed by atoms with Crippen LogP contribution in [0.1, 0.15) is 110 Å². The third-order valence-electron chi connectivity index (χ3n) is 4.29. The molecule has 0 saturated carbocycles. The Labute approximate surface area is 166 Å². The Bertz CT molecular complexity index is 264. The first-order valence-electron chi connectivity index (χ1n) is 10.5. The Hall–Kier alpha value is 0.0134. The van der Waals surface area contributed by atoms with Gasteiger partial charge in [0.2, 0.25) is 0 Å². The number of aliphatic carboxylic acids is 1. The van der Waals surface area contributed by atoms with Crippen molar-refractivity contribution in [2.75, 3.05) is 6.54 Å². The van der Waals surface area contributed by atoms with E-state index in [0.29, 0.717) is 6.54 Å². The van der Waals surface area contributed by atoms with Crippen LogP contribution in [-0.2, 0) is 23.1 Å². The molecule has 0 aliphatic carbocycles. The number of carboxylic acids is 1. The quantitative estimate of drug-likeness (QED) is 0.283. The van der Waals surface area contributed by atoms with Crippen molar-refractivity contribution in [3.63, 3.8) is 0 Å². The molecule has 0 aromatic carbocycles. The molecule has 0 rings (SSSR count). The van der Waals surface area contributed by atoms with Gasteiger partial charge in [0.15, 0.2) is 0 Å². The first kappa shape index (κ1) is 27.2. The maximum atomic E-state index is 10.2. The molecule has 0 spiro atoms. The number of unbranched alkanes of at least 4 members (excludes halogenated alkanes) is 14. The van der Waals surface area contributed by atoms with Crippen LogP contribution in [-0.4, -0.2) is 17.2 Å². The van der Waals surface area contributed by atoms with Gasteiger partial charge >= 0.3 is 41.0 Å². The Kier molecular flexibility index (Phi) is 26.2. The molecule has 0 saturated heterocycles. The molecule has 0 aliphatic rings.